The lowest BCUT2D eigenvalue weighted by atomic mass is 10.1. The van der Waals surface area contributed by atoms with Crippen molar-refractivity contribution in [2.24, 2.45) is 0 Å². The van der Waals surface area contributed by atoms with E-state index in [9.17, 15) is 0 Å². The van der Waals surface area contributed by atoms with Gasteiger partial charge in [0.05, 0.1) is 0 Å². The molecule has 1 heterocycles. The number of hydrogen-bond acceptors (Lipinski definition) is 3. The van der Waals surface area contributed by atoms with E-state index in [4.69, 9.17) is 0 Å². The Morgan fingerprint density at radius 3 is 2.14 bits per heavy atom. The molecule has 0 fully saturated rings. The number of rotatable bonds is 4. The predicted molar refractivity (Wildman–Crippen MR) is 91.0 cm³/mol. The Kier molecular flexibility index (Phi) is 3.92. The minimum Gasteiger partial charge on any atom is -0.378 e. The molecule has 1 N–H and O–H groups in total. The summed E-state index contributed by atoms with van der Waals surface area (Å²) >= 11 is 0. The van der Waals surface area contributed by atoms with Crippen molar-refractivity contribution in [3.63, 3.8) is 0 Å². The highest BCUT2D eigenvalue weighted by molar-refractivity contribution is 5.63. The van der Waals surface area contributed by atoms with Gasteiger partial charge in [-0.1, -0.05) is 31.2 Å². The van der Waals surface area contributed by atoms with Crippen LogP contribution in [0.4, 0.5) is 5.69 Å². The van der Waals surface area contributed by atoms with Crippen LogP contribution in [0.2, 0.25) is 0 Å². The lowest BCUT2D eigenvalue weighted by Crippen LogP contribution is -2.07. The predicted octanol–water partition coefficient (Wildman–Crippen LogP) is 3.77. The molecule has 0 unspecified atom stereocenters. The van der Waals surface area contributed by atoms with Gasteiger partial charge in [0.2, 0.25) is 0 Å². The molecule has 0 amide bonds. The first-order valence-corrected chi connectivity index (χ1v) is 7.47. The van der Waals surface area contributed by atoms with Crippen LogP contribution >= 0.6 is 0 Å². The van der Waals surface area contributed by atoms with E-state index in [2.05, 4.69) is 63.4 Å². The highest BCUT2D eigenvalue weighted by atomic mass is 15.2. The lowest BCUT2D eigenvalue weighted by Gasteiger charge is -2.11. The molecule has 0 spiro atoms. The van der Waals surface area contributed by atoms with Crippen LogP contribution in [0.25, 0.3) is 22.8 Å². The largest absolute Gasteiger partial charge is 0.378 e. The molecule has 22 heavy (non-hydrogen) atoms. The normalized spacial score (nSPS) is 10.7. The third-order valence-corrected chi connectivity index (χ3v) is 3.76. The number of hydrogen-bond donors (Lipinski definition) is 1. The van der Waals surface area contributed by atoms with E-state index in [1.807, 2.05) is 26.2 Å². The van der Waals surface area contributed by atoms with E-state index in [1.54, 1.807) is 0 Å². The Morgan fingerprint density at radius 2 is 1.55 bits per heavy atom. The molecule has 0 saturated heterocycles. The minimum absolute atomic E-state index is 0.722. The molecular weight excluding hydrogens is 272 g/mol. The second kappa shape index (κ2) is 6.02. The van der Waals surface area contributed by atoms with Gasteiger partial charge in [-0.3, -0.25) is 5.10 Å². The maximum absolute atomic E-state index is 4.60. The standard InChI is InChI=1S/C18H20N4/c1-4-13-5-7-14(8-6-13)17-19-18(21-20-17)15-9-11-16(12-10-15)22(2)3/h5-12H,4H2,1-3H3,(H,19,20,21). The number of H-pyrrole nitrogens is 1. The summed E-state index contributed by atoms with van der Waals surface area (Å²) in [5, 5.41) is 7.35. The molecule has 3 rings (SSSR count). The first-order valence-electron chi connectivity index (χ1n) is 7.47. The van der Waals surface area contributed by atoms with Crippen molar-refractivity contribution in [3.05, 3.63) is 54.1 Å². The first kappa shape index (κ1) is 14.3. The molecule has 112 valence electrons. The van der Waals surface area contributed by atoms with Crippen molar-refractivity contribution in [3.8, 4) is 22.8 Å². The fraction of sp³-hybridized carbons (Fsp3) is 0.222. The summed E-state index contributed by atoms with van der Waals surface area (Å²) in [4.78, 5) is 6.67. The van der Waals surface area contributed by atoms with Gasteiger partial charge >= 0.3 is 0 Å². The molecule has 0 aliphatic carbocycles. The SMILES string of the molecule is CCc1ccc(-c2nc(-c3ccc(N(C)C)cc3)n[nH]2)cc1. The zero-order valence-electron chi connectivity index (χ0n) is 13.2. The third kappa shape index (κ3) is 2.86. The van der Waals surface area contributed by atoms with Gasteiger partial charge in [-0.25, -0.2) is 4.98 Å². The van der Waals surface area contributed by atoms with Crippen molar-refractivity contribution < 1.29 is 0 Å². The monoisotopic (exact) mass is 292 g/mol. The van der Waals surface area contributed by atoms with Crippen molar-refractivity contribution in [2.75, 3.05) is 19.0 Å². The Balaban J connectivity index is 1.86. The average molecular weight is 292 g/mol. The van der Waals surface area contributed by atoms with Crippen LogP contribution in [0.5, 0.6) is 0 Å². The smallest absolute Gasteiger partial charge is 0.181 e. The molecule has 2 aromatic carbocycles. The quantitative estimate of drug-likeness (QED) is 0.796. The second-order valence-corrected chi connectivity index (χ2v) is 5.50. The van der Waals surface area contributed by atoms with E-state index >= 15 is 0 Å². The Hall–Kier alpha value is -2.62. The van der Waals surface area contributed by atoms with Crippen molar-refractivity contribution in [2.45, 2.75) is 13.3 Å². The molecule has 3 aromatic rings. The van der Waals surface area contributed by atoms with Gasteiger partial charge in [-0.05, 0) is 36.2 Å². The van der Waals surface area contributed by atoms with Gasteiger partial charge < -0.3 is 4.90 Å². The van der Waals surface area contributed by atoms with Crippen LogP contribution in [0.3, 0.4) is 0 Å². The first-order chi connectivity index (χ1) is 10.7. The Bertz CT molecular complexity index is 740. The summed E-state index contributed by atoms with van der Waals surface area (Å²) in [6.45, 7) is 2.15. The van der Waals surface area contributed by atoms with E-state index in [-0.39, 0.29) is 0 Å². The van der Waals surface area contributed by atoms with Crippen LogP contribution in [0, 0.1) is 0 Å². The number of anilines is 1. The summed E-state index contributed by atoms with van der Waals surface area (Å²) in [5.41, 5.74) is 4.55. The molecule has 4 heteroatoms. The van der Waals surface area contributed by atoms with Gasteiger partial charge in [0, 0.05) is 30.9 Å². The maximum Gasteiger partial charge on any atom is 0.181 e. The summed E-state index contributed by atoms with van der Waals surface area (Å²) in [5.74, 6) is 1.52. The Morgan fingerprint density at radius 1 is 0.909 bits per heavy atom. The average Bonchev–Trinajstić information content (AvgIpc) is 3.05. The molecule has 1 aromatic heterocycles. The van der Waals surface area contributed by atoms with Gasteiger partial charge in [-0.2, -0.15) is 5.10 Å². The summed E-state index contributed by atoms with van der Waals surface area (Å²) in [6.07, 6.45) is 1.04. The van der Waals surface area contributed by atoms with Crippen LogP contribution in [-0.4, -0.2) is 29.3 Å². The van der Waals surface area contributed by atoms with Crippen molar-refractivity contribution in [1.29, 1.82) is 0 Å². The number of nitrogens with zero attached hydrogens (tertiary/aromatic N) is 3. The highest BCUT2D eigenvalue weighted by Crippen LogP contribution is 2.22. The number of nitrogens with one attached hydrogen (secondary N) is 1. The van der Waals surface area contributed by atoms with Gasteiger partial charge in [0.25, 0.3) is 0 Å². The number of benzene rings is 2. The molecule has 0 saturated carbocycles. The molecule has 0 atom stereocenters. The van der Waals surface area contributed by atoms with Gasteiger partial charge in [0.1, 0.15) is 0 Å². The molecule has 0 bridgehead atoms. The fourth-order valence-corrected chi connectivity index (χ4v) is 2.33. The summed E-state index contributed by atoms with van der Waals surface area (Å²) in [7, 11) is 4.06. The van der Waals surface area contributed by atoms with Crippen LogP contribution in [-0.2, 0) is 6.42 Å². The lowest BCUT2D eigenvalue weighted by molar-refractivity contribution is 1.10. The van der Waals surface area contributed by atoms with E-state index < -0.39 is 0 Å². The number of aryl methyl sites for hydroxylation is 1. The molecule has 0 aliphatic rings. The summed E-state index contributed by atoms with van der Waals surface area (Å²) < 4.78 is 0. The van der Waals surface area contributed by atoms with E-state index in [0.717, 1.165) is 34.9 Å². The number of aromatic nitrogens is 3. The maximum atomic E-state index is 4.60. The highest BCUT2D eigenvalue weighted by Gasteiger charge is 2.08. The number of aromatic amines is 1. The van der Waals surface area contributed by atoms with Crippen molar-refractivity contribution >= 4 is 5.69 Å². The van der Waals surface area contributed by atoms with E-state index in [1.165, 1.54) is 5.56 Å². The van der Waals surface area contributed by atoms with Crippen LogP contribution in [0.1, 0.15) is 12.5 Å². The molecular formula is C18H20N4. The summed E-state index contributed by atoms with van der Waals surface area (Å²) in [6, 6.07) is 16.6. The van der Waals surface area contributed by atoms with Crippen molar-refractivity contribution in [1.82, 2.24) is 15.2 Å². The molecule has 0 aliphatic heterocycles. The second-order valence-electron chi connectivity index (χ2n) is 5.50. The Labute approximate surface area is 130 Å². The minimum atomic E-state index is 0.722. The molecule has 4 nitrogen and oxygen atoms in total. The van der Waals surface area contributed by atoms with E-state index in [0.29, 0.717) is 0 Å². The fourth-order valence-electron chi connectivity index (χ4n) is 2.33. The van der Waals surface area contributed by atoms with Gasteiger partial charge in [0.15, 0.2) is 11.6 Å². The molecule has 0 radical (unpaired) electrons. The third-order valence-electron chi connectivity index (χ3n) is 3.76. The zero-order valence-corrected chi connectivity index (χ0v) is 13.2. The van der Waals surface area contributed by atoms with Crippen LogP contribution in [0.15, 0.2) is 48.5 Å². The van der Waals surface area contributed by atoms with Crippen LogP contribution < -0.4 is 4.90 Å². The topological polar surface area (TPSA) is 44.8 Å². The van der Waals surface area contributed by atoms with Gasteiger partial charge in [-0.15, -0.1) is 0 Å². The zero-order chi connectivity index (χ0) is 15.5.